The minimum absolute atomic E-state index is 0.204. The third-order valence-corrected chi connectivity index (χ3v) is 5.40. The Labute approximate surface area is 201 Å². The molecule has 8 heteroatoms. The molecule has 4 rings (SSSR count). The Morgan fingerprint density at radius 3 is 1.83 bits per heavy atom. The second kappa shape index (κ2) is 10.9. The number of halogens is 1. The van der Waals surface area contributed by atoms with Crippen LogP contribution in [0.3, 0.4) is 0 Å². The van der Waals surface area contributed by atoms with Crippen LogP contribution in [0, 0.1) is 6.92 Å². The first-order valence-electron chi connectivity index (χ1n) is 11.0. The molecule has 3 aromatic rings. The van der Waals surface area contributed by atoms with Crippen LogP contribution in [0.25, 0.3) is 0 Å². The van der Waals surface area contributed by atoms with Gasteiger partial charge >= 0.3 is 17.9 Å². The van der Waals surface area contributed by atoms with E-state index in [0.717, 1.165) is 5.56 Å². The van der Waals surface area contributed by atoms with Crippen molar-refractivity contribution >= 4 is 17.9 Å². The van der Waals surface area contributed by atoms with Crippen LogP contribution < -0.4 is 0 Å². The van der Waals surface area contributed by atoms with Gasteiger partial charge in [-0.3, -0.25) is 0 Å². The summed E-state index contributed by atoms with van der Waals surface area (Å²) >= 11 is 0. The zero-order valence-corrected chi connectivity index (χ0v) is 18.8. The number of hydrogen-bond acceptors (Lipinski definition) is 7. The number of hydrogen-bond donors (Lipinski definition) is 0. The fourth-order valence-electron chi connectivity index (χ4n) is 3.50. The molecule has 180 valence electrons. The molecule has 0 amide bonds. The first-order chi connectivity index (χ1) is 16.9. The summed E-state index contributed by atoms with van der Waals surface area (Å²) in [6.07, 6.45) is -6.32. The summed E-state index contributed by atoms with van der Waals surface area (Å²) in [6.45, 7) is 1.46. The summed E-state index contributed by atoms with van der Waals surface area (Å²) in [6, 6.07) is 22.8. The number of carbonyl (C=O) groups is 3. The average Bonchev–Trinajstić information content (AvgIpc) is 3.17. The molecule has 1 fully saturated rings. The maximum Gasteiger partial charge on any atom is 0.340 e. The molecule has 1 heterocycles. The van der Waals surface area contributed by atoms with Gasteiger partial charge in [-0.2, -0.15) is 0 Å². The zero-order chi connectivity index (χ0) is 24.8. The van der Waals surface area contributed by atoms with Gasteiger partial charge < -0.3 is 18.9 Å². The van der Waals surface area contributed by atoms with Crippen molar-refractivity contribution in [3.05, 3.63) is 107 Å². The fourth-order valence-corrected chi connectivity index (χ4v) is 3.50. The van der Waals surface area contributed by atoms with E-state index in [4.69, 9.17) is 18.9 Å². The smallest absolute Gasteiger partial charge is 0.340 e. The highest BCUT2D eigenvalue weighted by molar-refractivity contribution is 5.90. The van der Waals surface area contributed by atoms with E-state index in [-0.39, 0.29) is 11.1 Å². The van der Waals surface area contributed by atoms with Gasteiger partial charge in [0, 0.05) is 0 Å². The molecule has 7 nitrogen and oxygen atoms in total. The third kappa shape index (κ3) is 5.91. The van der Waals surface area contributed by atoms with Crippen molar-refractivity contribution in [2.24, 2.45) is 0 Å². The van der Waals surface area contributed by atoms with E-state index in [1.165, 1.54) is 24.3 Å². The van der Waals surface area contributed by atoms with Crippen molar-refractivity contribution in [2.45, 2.75) is 31.6 Å². The highest BCUT2D eigenvalue weighted by Crippen LogP contribution is 2.29. The lowest BCUT2D eigenvalue weighted by Crippen LogP contribution is -2.37. The minimum Gasteiger partial charge on any atom is -0.459 e. The molecule has 0 spiro atoms. The molecule has 0 radical (unpaired) electrons. The monoisotopic (exact) mass is 478 g/mol. The molecular formula is C27H23FO7. The molecule has 3 aromatic carbocycles. The third-order valence-electron chi connectivity index (χ3n) is 5.40. The van der Waals surface area contributed by atoms with Gasteiger partial charge in [-0.05, 0) is 43.3 Å². The van der Waals surface area contributed by atoms with Crippen molar-refractivity contribution in [1.82, 2.24) is 0 Å². The summed E-state index contributed by atoms with van der Waals surface area (Å²) in [5.74, 6) is -2.24. The quantitative estimate of drug-likeness (QED) is 0.370. The van der Waals surface area contributed by atoms with Gasteiger partial charge in [0.15, 0.2) is 6.10 Å². The van der Waals surface area contributed by atoms with Crippen LogP contribution >= 0.6 is 0 Å². The summed E-state index contributed by atoms with van der Waals surface area (Å²) < 4.78 is 36.7. The number of esters is 3. The van der Waals surface area contributed by atoms with Gasteiger partial charge in [-0.15, -0.1) is 0 Å². The molecule has 0 aromatic heterocycles. The van der Waals surface area contributed by atoms with Crippen LogP contribution in [0.2, 0.25) is 0 Å². The molecule has 0 bridgehead atoms. The van der Waals surface area contributed by atoms with Gasteiger partial charge in [-0.1, -0.05) is 54.1 Å². The molecule has 0 unspecified atom stereocenters. The Morgan fingerprint density at radius 1 is 0.743 bits per heavy atom. The van der Waals surface area contributed by atoms with E-state index >= 15 is 4.39 Å². The largest absolute Gasteiger partial charge is 0.459 e. The molecule has 1 saturated heterocycles. The maximum atomic E-state index is 15.3. The lowest BCUT2D eigenvalue weighted by Gasteiger charge is -2.19. The first-order valence-corrected chi connectivity index (χ1v) is 11.0. The van der Waals surface area contributed by atoms with Crippen LogP contribution in [-0.4, -0.2) is 49.2 Å². The van der Waals surface area contributed by atoms with Crippen LogP contribution in [0.15, 0.2) is 84.9 Å². The Hall–Kier alpha value is -4.04. The average molecular weight is 478 g/mol. The van der Waals surface area contributed by atoms with Crippen LogP contribution in [0.4, 0.5) is 4.39 Å². The Bertz CT molecular complexity index is 1170. The number of ether oxygens (including phenoxy) is 4. The van der Waals surface area contributed by atoms with Gasteiger partial charge in [0.05, 0.1) is 16.7 Å². The molecule has 0 N–H and O–H groups in total. The Morgan fingerprint density at radius 2 is 1.26 bits per heavy atom. The summed E-state index contributed by atoms with van der Waals surface area (Å²) in [4.78, 5) is 37.4. The lowest BCUT2D eigenvalue weighted by molar-refractivity contribution is -0.129. The van der Waals surface area contributed by atoms with E-state index < -0.39 is 49.2 Å². The predicted molar refractivity (Wildman–Crippen MR) is 123 cm³/mol. The highest BCUT2D eigenvalue weighted by Gasteiger charge is 2.50. The highest BCUT2D eigenvalue weighted by atomic mass is 19.1. The number of alkyl halides is 1. The van der Waals surface area contributed by atoms with Crippen molar-refractivity contribution in [3.8, 4) is 0 Å². The summed E-state index contributed by atoms with van der Waals surface area (Å²) in [7, 11) is 0. The molecule has 1 aliphatic rings. The number of rotatable bonds is 7. The second-order valence-electron chi connectivity index (χ2n) is 7.96. The van der Waals surface area contributed by atoms with Crippen LogP contribution in [-0.2, 0) is 18.9 Å². The fraction of sp³-hybridized carbons (Fsp3) is 0.222. The van der Waals surface area contributed by atoms with Gasteiger partial charge in [0.25, 0.3) is 0 Å². The van der Waals surface area contributed by atoms with Crippen LogP contribution in [0.5, 0.6) is 0 Å². The molecule has 4 atom stereocenters. The van der Waals surface area contributed by atoms with Gasteiger partial charge in [0.1, 0.15) is 12.7 Å². The first kappa shape index (κ1) is 24.1. The van der Waals surface area contributed by atoms with E-state index in [2.05, 4.69) is 0 Å². The van der Waals surface area contributed by atoms with E-state index in [0.29, 0.717) is 5.56 Å². The lowest BCUT2D eigenvalue weighted by atomic mass is 10.1. The topological polar surface area (TPSA) is 88.1 Å². The van der Waals surface area contributed by atoms with Gasteiger partial charge in [-0.25, -0.2) is 18.8 Å². The van der Waals surface area contributed by atoms with E-state index in [9.17, 15) is 14.4 Å². The van der Waals surface area contributed by atoms with E-state index in [1.54, 1.807) is 60.7 Å². The number of carbonyl (C=O) groups excluding carboxylic acids is 3. The number of benzene rings is 3. The predicted octanol–water partition coefficient (Wildman–Crippen LogP) is 4.30. The normalized spacial score (nSPS) is 21.2. The van der Waals surface area contributed by atoms with Crippen molar-refractivity contribution in [1.29, 1.82) is 0 Å². The van der Waals surface area contributed by atoms with Crippen molar-refractivity contribution in [2.75, 3.05) is 6.61 Å². The maximum absolute atomic E-state index is 15.3. The molecule has 0 aliphatic carbocycles. The van der Waals surface area contributed by atoms with Crippen molar-refractivity contribution in [3.63, 3.8) is 0 Å². The standard InChI is InChI=1S/C27H23FO7/c1-17-12-14-20(15-13-17)24(29)32-16-21-23(34-25(30)18-8-4-2-5-9-18)22(28)27(33-21)35-26(31)19-10-6-3-7-11-19/h2-15,21-23,27H,16H2,1H3/t21-,22+,23-,27-/m1/s1. The summed E-state index contributed by atoms with van der Waals surface area (Å²) in [5, 5.41) is 0. The molecule has 0 saturated carbocycles. The SMILES string of the molecule is Cc1ccc(C(=O)OC[C@H]2O[C@H](OC(=O)c3ccccc3)[C@@H](F)[C@@H]2OC(=O)c2ccccc2)cc1. The molecule has 35 heavy (non-hydrogen) atoms. The second-order valence-corrected chi connectivity index (χ2v) is 7.96. The van der Waals surface area contributed by atoms with Crippen molar-refractivity contribution < 1.29 is 37.7 Å². The summed E-state index contributed by atoms with van der Waals surface area (Å²) in [5.41, 5.74) is 1.68. The Balaban J connectivity index is 1.47. The van der Waals surface area contributed by atoms with Gasteiger partial charge in [0.2, 0.25) is 12.5 Å². The minimum atomic E-state index is -2.00. The van der Waals surface area contributed by atoms with Crippen LogP contribution in [0.1, 0.15) is 36.6 Å². The van der Waals surface area contributed by atoms with E-state index in [1.807, 2.05) is 6.92 Å². The molecular weight excluding hydrogens is 455 g/mol. The Kier molecular flexibility index (Phi) is 7.52. The number of aryl methyl sites for hydroxylation is 1. The molecule has 1 aliphatic heterocycles. The zero-order valence-electron chi connectivity index (χ0n) is 18.8.